The highest BCUT2D eigenvalue weighted by Crippen LogP contribution is 2.29. The zero-order valence-corrected chi connectivity index (χ0v) is 11.4. The lowest BCUT2D eigenvalue weighted by molar-refractivity contribution is 0.115. The van der Waals surface area contributed by atoms with Crippen molar-refractivity contribution in [3.05, 3.63) is 35.4 Å². The second-order valence-corrected chi connectivity index (χ2v) is 5.34. The zero-order valence-electron chi connectivity index (χ0n) is 9.79. The van der Waals surface area contributed by atoms with E-state index in [1.807, 2.05) is 0 Å². The molecular weight excluding hydrogens is 264 g/mol. The number of hydrogen-bond donors (Lipinski definition) is 0. The highest BCUT2D eigenvalue weighted by molar-refractivity contribution is 9.09. The lowest BCUT2D eigenvalue weighted by Crippen LogP contribution is -2.12. The van der Waals surface area contributed by atoms with E-state index < -0.39 is 0 Å². The predicted octanol–water partition coefficient (Wildman–Crippen LogP) is 3.90. The van der Waals surface area contributed by atoms with Crippen LogP contribution in [0.1, 0.15) is 29.9 Å². The lowest BCUT2D eigenvalue weighted by atomic mass is 9.97. The van der Waals surface area contributed by atoms with Gasteiger partial charge in [-0.3, -0.25) is 0 Å². The van der Waals surface area contributed by atoms with E-state index in [2.05, 4.69) is 47.1 Å². The van der Waals surface area contributed by atoms with Crippen LogP contribution in [0.2, 0.25) is 0 Å². The molecule has 1 fully saturated rings. The van der Waals surface area contributed by atoms with Crippen molar-refractivity contribution in [2.45, 2.75) is 25.7 Å². The van der Waals surface area contributed by atoms with Gasteiger partial charge in [0.05, 0.1) is 6.61 Å². The number of aryl methyl sites for hydroxylation is 1. The highest BCUT2D eigenvalue weighted by Gasteiger charge is 2.22. The van der Waals surface area contributed by atoms with Gasteiger partial charge in [0.15, 0.2) is 0 Å². The molecule has 0 amide bonds. The van der Waals surface area contributed by atoms with Gasteiger partial charge >= 0.3 is 0 Å². The summed E-state index contributed by atoms with van der Waals surface area (Å²) in [6.07, 6.45) is 2.73. The third kappa shape index (κ3) is 3.33. The number of rotatable bonds is 6. The molecular formula is C14H19BrO. The Bertz CT molecular complexity index is 333. The lowest BCUT2D eigenvalue weighted by Gasteiger charge is -2.17. The number of ether oxygens (including phenoxy) is 1. The number of hydrogen-bond acceptors (Lipinski definition) is 1. The Hall–Kier alpha value is -0.340. The number of benzene rings is 1. The summed E-state index contributed by atoms with van der Waals surface area (Å²) >= 11 is 3.59. The molecule has 1 saturated carbocycles. The average Bonchev–Trinajstić information content (AvgIpc) is 3.10. The summed E-state index contributed by atoms with van der Waals surface area (Å²) in [6.45, 7) is 3.97. The molecule has 1 unspecified atom stereocenters. The fourth-order valence-electron chi connectivity index (χ4n) is 1.92. The zero-order chi connectivity index (χ0) is 11.4. The van der Waals surface area contributed by atoms with Crippen LogP contribution in [-0.4, -0.2) is 18.5 Å². The number of alkyl halides is 1. The summed E-state index contributed by atoms with van der Waals surface area (Å²) in [5, 5.41) is 0.975. The summed E-state index contributed by atoms with van der Waals surface area (Å²) in [5.41, 5.74) is 2.78. The second kappa shape index (κ2) is 5.83. The van der Waals surface area contributed by atoms with Crippen LogP contribution in [0.4, 0.5) is 0 Å². The molecule has 1 nitrogen and oxygen atoms in total. The van der Waals surface area contributed by atoms with Crippen LogP contribution in [-0.2, 0) is 4.74 Å². The van der Waals surface area contributed by atoms with E-state index in [1.165, 1.54) is 24.0 Å². The largest absolute Gasteiger partial charge is 0.380 e. The Balaban J connectivity index is 1.90. The van der Waals surface area contributed by atoms with Gasteiger partial charge < -0.3 is 4.74 Å². The van der Waals surface area contributed by atoms with Gasteiger partial charge in [-0.05, 0) is 36.8 Å². The topological polar surface area (TPSA) is 9.23 Å². The van der Waals surface area contributed by atoms with Crippen molar-refractivity contribution in [2.24, 2.45) is 5.92 Å². The summed E-state index contributed by atoms with van der Waals surface area (Å²) in [5.74, 6) is 1.34. The van der Waals surface area contributed by atoms with Crippen molar-refractivity contribution >= 4 is 15.9 Å². The van der Waals surface area contributed by atoms with Gasteiger partial charge in [0, 0.05) is 17.9 Å². The molecule has 0 spiro atoms. The van der Waals surface area contributed by atoms with Crippen LogP contribution in [0.15, 0.2) is 24.3 Å². The van der Waals surface area contributed by atoms with Crippen LogP contribution in [0.3, 0.4) is 0 Å². The van der Waals surface area contributed by atoms with Gasteiger partial charge in [-0.2, -0.15) is 0 Å². The molecule has 16 heavy (non-hydrogen) atoms. The summed E-state index contributed by atoms with van der Waals surface area (Å²) in [4.78, 5) is 0. The van der Waals surface area contributed by atoms with Crippen LogP contribution < -0.4 is 0 Å². The van der Waals surface area contributed by atoms with E-state index in [4.69, 9.17) is 4.74 Å². The Kier molecular flexibility index (Phi) is 4.42. The highest BCUT2D eigenvalue weighted by atomic mass is 79.9. The molecule has 1 atom stereocenters. The molecule has 0 saturated heterocycles. The Morgan fingerprint density at radius 1 is 1.38 bits per heavy atom. The molecule has 1 aliphatic carbocycles. The normalized spacial score (nSPS) is 17.4. The molecule has 0 radical (unpaired) electrons. The predicted molar refractivity (Wildman–Crippen MR) is 71.3 cm³/mol. The molecule has 1 aliphatic rings. The van der Waals surface area contributed by atoms with Crippen molar-refractivity contribution in [3.63, 3.8) is 0 Å². The van der Waals surface area contributed by atoms with E-state index in [-0.39, 0.29) is 0 Å². The fourth-order valence-corrected chi connectivity index (χ4v) is 2.46. The van der Waals surface area contributed by atoms with E-state index in [0.29, 0.717) is 5.92 Å². The first-order chi connectivity index (χ1) is 7.81. The van der Waals surface area contributed by atoms with Crippen molar-refractivity contribution in [3.8, 4) is 0 Å². The maximum absolute atomic E-state index is 5.79. The molecule has 0 aromatic heterocycles. The average molecular weight is 283 g/mol. The van der Waals surface area contributed by atoms with Crippen molar-refractivity contribution in [1.29, 1.82) is 0 Å². The van der Waals surface area contributed by atoms with Crippen molar-refractivity contribution in [2.75, 3.05) is 18.5 Å². The molecule has 0 aliphatic heterocycles. The maximum atomic E-state index is 5.79. The molecule has 1 aromatic carbocycles. The maximum Gasteiger partial charge on any atom is 0.0543 e. The SMILES string of the molecule is Cc1ccccc1C(CBr)COCC1CC1. The molecule has 0 bridgehead atoms. The molecule has 2 heteroatoms. The monoisotopic (exact) mass is 282 g/mol. The van der Waals surface area contributed by atoms with E-state index in [9.17, 15) is 0 Å². The summed E-state index contributed by atoms with van der Waals surface area (Å²) in [6, 6.07) is 8.59. The molecule has 88 valence electrons. The van der Waals surface area contributed by atoms with Gasteiger partial charge in [-0.25, -0.2) is 0 Å². The molecule has 1 aromatic rings. The van der Waals surface area contributed by atoms with Gasteiger partial charge in [-0.1, -0.05) is 40.2 Å². The smallest absolute Gasteiger partial charge is 0.0543 e. The van der Waals surface area contributed by atoms with E-state index >= 15 is 0 Å². The first-order valence-electron chi connectivity index (χ1n) is 6.00. The molecule has 2 rings (SSSR count). The molecule has 0 N–H and O–H groups in total. The van der Waals surface area contributed by atoms with Crippen LogP contribution in [0.25, 0.3) is 0 Å². The first kappa shape index (κ1) is 12.1. The molecule has 0 heterocycles. The number of halogens is 1. The van der Waals surface area contributed by atoms with Gasteiger partial charge in [0.2, 0.25) is 0 Å². The minimum absolute atomic E-state index is 0.486. The van der Waals surface area contributed by atoms with Crippen LogP contribution in [0.5, 0.6) is 0 Å². The Morgan fingerprint density at radius 2 is 2.12 bits per heavy atom. The van der Waals surface area contributed by atoms with Crippen molar-refractivity contribution in [1.82, 2.24) is 0 Å². The second-order valence-electron chi connectivity index (χ2n) is 4.69. The van der Waals surface area contributed by atoms with E-state index in [0.717, 1.165) is 24.5 Å². The van der Waals surface area contributed by atoms with Crippen molar-refractivity contribution < 1.29 is 4.74 Å². The summed E-state index contributed by atoms with van der Waals surface area (Å²) < 4.78 is 5.79. The third-order valence-electron chi connectivity index (χ3n) is 3.18. The standard InChI is InChI=1S/C14H19BrO/c1-11-4-2-3-5-14(11)13(8-15)10-16-9-12-6-7-12/h2-5,12-13H,6-10H2,1H3. The van der Waals surface area contributed by atoms with Crippen LogP contribution >= 0.6 is 15.9 Å². The summed E-state index contributed by atoms with van der Waals surface area (Å²) in [7, 11) is 0. The van der Waals surface area contributed by atoms with Crippen LogP contribution in [0, 0.1) is 12.8 Å². The fraction of sp³-hybridized carbons (Fsp3) is 0.571. The minimum Gasteiger partial charge on any atom is -0.380 e. The van der Waals surface area contributed by atoms with Gasteiger partial charge in [-0.15, -0.1) is 0 Å². The van der Waals surface area contributed by atoms with E-state index in [1.54, 1.807) is 0 Å². The van der Waals surface area contributed by atoms with Gasteiger partial charge in [0.25, 0.3) is 0 Å². The minimum atomic E-state index is 0.486. The Labute approximate surface area is 106 Å². The third-order valence-corrected chi connectivity index (χ3v) is 3.97. The quantitative estimate of drug-likeness (QED) is 0.719. The Morgan fingerprint density at radius 3 is 2.75 bits per heavy atom. The first-order valence-corrected chi connectivity index (χ1v) is 7.12. The van der Waals surface area contributed by atoms with Gasteiger partial charge in [0.1, 0.15) is 0 Å².